The molecular weight excluding hydrogens is 176 g/mol. The van der Waals surface area contributed by atoms with Crippen molar-refractivity contribution in [1.82, 2.24) is 10.6 Å². The van der Waals surface area contributed by atoms with Crippen molar-refractivity contribution in [3.05, 3.63) is 12.2 Å². The SMILES string of the molecule is CCNCC(C)C(=O)NC1CC=CC1. The molecule has 1 rings (SSSR count). The fraction of sp³-hybridized carbons (Fsp3) is 0.727. The zero-order valence-electron chi connectivity index (χ0n) is 9.05. The molecule has 0 aromatic carbocycles. The minimum Gasteiger partial charge on any atom is -0.352 e. The summed E-state index contributed by atoms with van der Waals surface area (Å²) in [6, 6.07) is 0.339. The van der Waals surface area contributed by atoms with Gasteiger partial charge < -0.3 is 10.6 Å². The first-order chi connectivity index (χ1) is 6.74. The molecule has 0 radical (unpaired) electrons. The first kappa shape index (κ1) is 11.2. The molecule has 1 amide bonds. The normalized spacial score (nSPS) is 18.4. The molecule has 0 aliphatic heterocycles. The van der Waals surface area contributed by atoms with Gasteiger partial charge in [-0.1, -0.05) is 26.0 Å². The maximum atomic E-state index is 11.6. The van der Waals surface area contributed by atoms with Crippen LogP contribution in [0.5, 0.6) is 0 Å². The van der Waals surface area contributed by atoms with Crippen LogP contribution in [0.1, 0.15) is 26.7 Å². The van der Waals surface area contributed by atoms with Gasteiger partial charge in [0.1, 0.15) is 0 Å². The predicted octanol–water partition coefficient (Wildman–Crippen LogP) is 1.07. The van der Waals surface area contributed by atoms with Crippen LogP contribution in [0.3, 0.4) is 0 Å². The Morgan fingerprint density at radius 2 is 2.14 bits per heavy atom. The van der Waals surface area contributed by atoms with Crippen molar-refractivity contribution >= 4 is 5.91 Å². The summed E-state index contributed by atoms with van der Waals surface area (Å²) in [6.07, 6.45) is 6.22. The molecule has 0 fully saturated rings. The lowest BCUT2D eigenvalue weighted by Gasteiger charge is -2.16. The molecule has 0 saturated heterocycles. The lowest BCUT2D eigenvalue weighted by molar-refractivity contribution is -0.125. The third kappa shape index (κ3) is 3.50. The smallest absolute Gasteiger partial charge is 0.224 e. The largest absolute Gasteiger partial charge is 0.352 e. The van der Waals surface area contributed by atoms with Crippen molar-refractivity contribution in [2.45, 2.75) is 32.7 Å². The maximum absolute atomic E-state index is 11.6. The molecule has 0 saturated carbocycles. The van der Waals surface area contributed by atoms with Gasteiger partial charge in [0, 0.05) is 18.5 Å². The molecule has 2 N–H and O–H groups in total. The number of rotatable bonds is 5. The number of hydrogen-bond donors (Lipinski definition) is 2. The van der Waals surface area contributed by atoms with E-state index < -0.39 is 0 Å². The van der Waals surface area contributed by atoms with Crippen LogP contribution >= 0.6 is 0 Å². The van der Waals surface area contributed by atoms with Crippen molar-refractivity contribution < 1.29 is 4.79 Å². The van der Waals surface area contributed by atoms with Crippen LogP contribution in [0.2, 0.25) is 0 Å². The summed E-state index contributed by atoms with van der Waals surface area (Å²) in [4.78, 5) is 11.6. The summed E-state index contributed by atoms with van der Waals surface area (Å²) in [7, 11) is 0. The molecule has 0 heterocycles. The molecular formula is C11H20N2O. The highest BCUT2D eigenvalue weighted by atomic mass is 16.1. The number of carbonyl (C=O) groups excluding carboxylic acids is 1. The maximum Gasteiger partial charge on any atom is 0.224 e. The molecule has 0 aromatic heterocycles. The van der Waals surface area contributed by atoms with E-state index >= 15 is 0 Å². The average molecular weight is 196 g/mol. The number of hydrogen-bond acceptors (Lipinski definition) is 2. The van der Waals surface area contributed by atoms with Gasteiger partial charge in [0.2, 0.25) is 5.91 Å². The third-order valence-corrected chi connectivity index (χ3v) is 2.50. The van der Waals surface area contributed by atoms with E-state index in [4.69, 9.17) is 0 Å². The van der Waals surface area contributed by atoms with Crippen molar-refractivity contribution in [2.24, 2.45) is 5.92 Å². The topological polar surface area (TPSA) is 41.1 Å². The highest BCUT2D eigenvalue weighted by Crippen LogP contribution is 2.09. The summed E-state index contributed by atoms with van der Waals surface area (Å²) in [6.45, 7) is 5.69. The average Bonchev–Trinajstić information content (AvgIpc) is 2.66. The summed E-state index contributed by atoms with van der Waals surface area (Å²) in [5.74, 6) is 0.232. The van der Waals surface area contributed by atoms with Crippen LogP contribution in [-0.4, -0.2) is 25.0 Å². The van der Waals surface area contributed by atoms with Gasteiger partial charge in [-0.25, -0.2) is 0 Å². The third-order valence-electron chi connectivity index (χ3n) is 2.50. The number of nitrogens with one attached hydrogen (secondary N) is 2. The fourth-order valence-corrected chi connectivity index (χ4v) is 1.53. The Kier molecular flexibility index (Phi) is 4.66. The first-order valence-electron chi connectivity index (χ1n) is 5.40. The summed E-state index contributed by atoms with van der Waals surface area (Å²) in [5.41, 5.74) is 0. The van der Waals surface area contributed by atoms with Crippen LogP contribution in [0, 0.1) is 5.92 Å². The van der Waals surface area contributed by atoms with Gasteiger partial charge >= 0.3 is 0 Å². The zero-order chi connectivity index (χ0) is 10.4. The molecule has 0 spiro atoms. The summed E-state index contributed by atoms with van der Waals surface area (Å²) < 4.78 is 0. The minimum atomic E-state index is 0.0653. The van der Waals surface area contributed by atoms with E-state index in [-0.39, 0.29) is 11.8 Å². The Labute approximate surface area is 86.0 Å². The second-order valence-corrected chi connectivity index (χ2v) is 3.86. The van der Waals surface area contributed by atoms with Crippen LogP contribution in [0.4, 0.5) is 0 Å². The molecule has 1 aliphatic carbocycles. The van der Waals surface area contributed by atoms with E-state index in [1.165, 1.54) is 0 Å². The van der Waals surface area contributed by atoms with E-state index in [1.54, 1.807) is 0 Å². The van der Waals surface area contributed by atoms with E-state index in [0.29, 0.717) is 6.04 Å². The lowest BCUT2D eigenvalue weighted by Crippen LogP contribution is -2.40. The van der Waals surface area contributed by atoms with Crippen molar-refractivity contribution in [3.8, 4) is 0 Å². The molecule has 3 heteroatoms. The van der Waals surface area contributed by atoms with Gasteiger partial charge in [-0.15, -0.1) is 0 Å². The monoisotopic (exact) mass is 196 g/mol. The summed E-state index contributed by atoms with van der Waals surface area (Å²) >= 11 is 0. The Morgan fingerprint density at radius 1 is 1.50 bits per heavy atom. The zero-order valence-corrected chi connectivity index (χ0v) is 9.05. The Balaban J connectivity index is 2.19. The number of carbonyl (C=O) groups is 1. The van der Waals surface area contributed by atoms with Crippen molar-refractivity contribution in [2.75, 3.05) is 13.1 Å². The van der Waals surface area contributed by atoms with Crippen molar-refractivity contribution in [3.63, 3.8) is 0 Å². The molecule has 0 bridgehead atoms. The molecule has 1 unspecified atom stereocenters. The van der Waals surface area contributed by atoms with Crippen LogP contribution in [0.15, 0.2) is 12.2 Å². The second kappa shape index (κ2) is 5.81. The minimum absolute atomic E-state index is 0.0653. The second-order valence-electron chi connectivity index (χ2n) is 3.86. The van der Waals surface area contributed by atoms with E-state index in [2.05, 4.69) is 22.8 Å². The fourth-order valence-electron chi connectivity index (χ4n) is 1.53. The number of amides is 1. The van der Waals surface area contributed by atoms with Gasteiger partial charge in [0.05, 0.1) is 0 Å². The molecule has 80 valence electrons. The molecule has 14 heavy (non-hydrogen) atoms. The Hall–Kier alpha value is -0.830. The Morgan fingerprint density at radius 3 is 2.71 bits per heavy atom. The van der Waals surface area contributed by atoms with Gasteiger partial charge in [0.25, 0.3) is 0 Å². The quantitative estimate of drug-likeness (QED) is 0.646. The van der Waals surface area contributed by atoms with Gasteiger partial charge in [-0.3, -0.25) is 4.79 Å². The molecule has 0 aromatic rings. The highest BCUT2D eigenvalue weighted by molar-refractivity contribution is 5.78. The van der Waals surface area contributed by atoms with Crippen LogP contribution < -0.4 is 10.6 Å². The lowest BCUT2D eigenvalue weighted by atomic mass is 10.1. The summed E-state index contributed by atoms with van der Waals surface area (Å²) in [5, 5.41) is 6.22. The molecule has 1 aliphatic rings. The van der Waals surface area contributed by atoms with Gasteiger partial charge in [-0.2, -0.15) is 0 Å². The predicted molar refractivity (Wildman–Crippen MR) is 58.0 cm³/mol. The van der Waals surface area contributed by atoms with Crippen LogP contribution in [0.25, 0.3) is 0 Å². The first-order valence-corrected chi connectivity index (χ1v) is 5.40. The van der Waals surface area contributed by atoms with Crippen molar-refractivity contribution in [1.29, 1.82) is 0 Å². The van der Waals surface area contributed by atoms with Crippen LogP contribution in [-0.2, 0) is 4.79 Å². The van der Waals surface area contributed by atoms with E-state index in [9.17, 15) is 4.79 Å². The molecule has 3 nitrogen and oxygen atoms in total. The Bertz CT molecular complexity index is 205. The highest BCUT2D eigenvalue weighted by Gasteiger charge is 2.17. The molecule has 1 atom stereocenters. The van der Waals surface area contributed by atoms with E-state index in [1.807, 2.05) is 13.8 Å². The van der Waals surface area contributed by atoms with Gasteiger partial charge in [0.15, 0.2) is 0 Å². The van der Waals surface area contributed by atoms with Gasteiger partial charge in [-0.05, 0) is 19.4 Å². The van der Waals surface area contributed by atoms with E-state index in [0.717, 1.165) is 25.9 Å². The standard InChI is InChI=1S/C11H20N2O/c1-3-12-8-9(2)11(14)13-10-6-4-5-7-10/h4-5,9-10,12H,3,6-8H2,1-2H3,(H,13,14).